The quantitative estimate of drug-likeness (QED) is 0.184. The Kier molecular flexibility index (Phi) is 10.2. The van der Waals surface area contributed by atoms with Crippen LogP contribution in [0.25, 0.3) is 22.3 Å². The van der Waals surface area contributed by atoms with Gasteiger partial charge in [-0.05, 0) is 60.1 Å². The van der Waals surface area contributed by atoms with Gasteiger partial charge in [0, 0.05) is 17.9 Å². The molecule has 3 aromatic rings. The number of unbranched alkanes of at least 4 members (excludes halogenated alkanes) is 3. The fourth-order valence-electron chi connectivity index (χ4n) is 4.92. The molecule has 0 radical (unpaired) electrons. The van der Waals surface area contributed by atoms with Crippen molar-refractivity contribution in [3.8, 4) is 22.3 Å². The molecule has 0 atom stereocenters. The van der Waals surface area contributed by atoms with Crippen molar-refractivity contribution in [3.05, 3.63) is 95.3 Å². The molecule has 0 N–H and O–H groups in total. The van der Waals surface area contributed by atoms with E-state index in [4.69, 9.17) is 9.47 Å². The van der Waals surface area contributed by atoms with Gasteiger partial charge in [0.25, 0.3) is 0 Å². The van der Waals surface area contributed by atoms with Gasteiger partial charge in [-0.15, -0.1) is 0 Å². The van der Waals surface area contributed by atoms with Crippen LogP contribution in [0.15, 0.2) is 66.7 Å². The molecule has 5 heteroatoms. The van der Waals surface area contributed by atoms with E-state index in [1.807, 2.05) is 31.2 Å². The van der Waals surface area contributed by atoms with Gasteiger partial charge in [0.15, 0.2) is 17.9 Å². The lowest BCUT2D eigenvalue weighted by molar-refractivity contribution is -0.189. The summed E-state index contributed by atoms with van der Waals surface area (Å²) in [4.78, 5) is 0. The highest BCUT2D eigenvalue weighted by Crippen LogP contribution is 2.32. The molecule has 2 nitrogen and oxygen atoms in total. The molecule has 0 spiro atoms. The molecular formula is C33H37F3O2. The Hall–Kier alpha value is -2.89. The van der Waals surface area contributed by atoms with Gasteiger partial charge >= 0.3 is 0 Å². The normalized spacial score (nSPS) is 17.8. The molecule has 0 unspecified atom stereocenters. The minimum atomic E-state index is -0.817. The highest BCUT2D eigenvalue weighted by atomic mass is 19.2. The first-order chi connectivity index (χ1) is 18.5. The van der Waals surface area contributed by atoms with Crippen molar-refractivity contribution < 1.29 is 22.6 Å². The molecule has 1 aliphatic heterocycles. The molecule has 0 aromatic heterocycles. The standard InChI is InChI=1S/C33H37F3O2/c1-3-5-7-9-10-25-16-19-29(33(36)32(25)35)24-14-12-23(13-15-24)26-17-18-28(30(34)20-26)27-21-37-31(38-22-27)11-8-6-4-2/h4,6,12-20,27,31H,3,5,7-11,21-22H2,1-2H3. The number of rotatable bonds is 11. The number of benzene rings is 3. The van der Waals surface area contributed by atoms with Gasteiger partial charge in [-0.3, -0.25) is 0 Å². The Bertz CT molecular complexity index is 1210. The molecule has 0 amide bonds. The van der Waals surface area contributed by atoms with Gasteiger partial charge < -0.3 is 9.47 Å². The summed E-state index contributed by atoms with van der Waals surface area (Å²) < 4.78 is 56.2. The van der Waals surface area contributed by atoms with E-state index in [9.17, 15) is 8.78 Å². The van der Waals surface area contributed by atoms with Crippen LogP contribution < -0.4 is 0 Å². The molecule has 3 aromatic carbocycles. The zero-order valence-electron chi connectivity index (χ0n) is 22.3. The van der Waals surface area contributed by atoms with Gasteiger partial charge in [0.05, 0.1) is 13.2 Å². The third kappa shape index (κ3) is 6.95. The molecule has 4 rings (SSSR count). The van der Waals surface area contributed by atoms with Gasteiger partial charge in [0.1, 0.15) is 5.82 Å². The van der Waals surface area contributed by atoms with Crippen molar-refractivity contribution in [1.82, 2.24) is 0 Å². The van der Waals surface area contributed by atoms with Crippen LogP contribution in [0.4, 0.5) is 13.2 Å². The van der Waals surface area contributed by atoms with Crippen molar-refractivity contribution in [3.63, 3.8) is 0 Å². The summed E-state index contributed by atoms with van der Waals surface area (Å²) in [6.07, 6.45) is 10.1. The molecule has 0 bridgehead atoms. The highest BCUT2D eigenvalue weighted by molar-refractivity contribution is 5.71. The van der Waals surface area contributed by atoms with Gasteiger partial charge in [-0.25, -0.2) is 13.2 Å². The van der Waals surface area contributed by atoms with Crippen LogP contribution in [0.2, 0.25) is 0 Å². The molecule has 38 heavy (non-hydrogen) atoms. The lowest BCUT2D eigenvalue weighted by Gasteiger charge is -2.29. The molecule has 1 aliphatic rings. The fourth-order valence-corrected chi connectivity index (χ4v) is 4.92. The van der Waals surface area contributed by atoms with E-state index < -0.39 is 11.6 Å². The number of halogens is 3. The molecule has 0 aliphatic carbocycles. The lowest BCUT2D eigenvalue weighted by atomic mass is 9.94. The average molecular weight is 523 g/mol. The SMILES string of the molecule is CC=CCCC1OCC(c2ccc(-c3ccc(-c4ccc(CCCCCC)c(F)c4F)cc3)cc2F)CO1. The minimum Gasteiger partial charge on any atom is -0.352 e. The molecule has 1 fully saturated rings. The summed E-state index contributed by atoms with van der Waals surface area (Å²) in [6, 6.07) is 15.6. The fraction of sp³-hybridized carbons (Fsp3) is 0.394. The van der Waals surface area contributed by atoms with Gasteiger partial charge in [-0.2, -0.15) is 0 Å². The highest BCUT2D eigenvalue weighted by Gasteiger charge is 2.25. The van der Waals surface area contributed by atoms with Crippen molar-refractivity contribution in [2.75, 3.05) is 13.2 Å². The Morgan fingerprint density at radius 2 is 1.53 bits per heavy atom. The van der Waals surface area contributed by atoms with E-state index >= 15 is 4.39 Å². The van der Waals surface area contributed by atoms with E-state index in [1.54, 1.807) is 30.3 Å². The number of aryl methyl sites for hydroxylation is 1. The second-order valence-corrected chi connectivity index (χ2v) is 9.96. The first-order valence-electron chi connectivity index (χ1n) is 13.7. The zero-order chi connectivity index (χ0) is 26.9. The van der Waals surface area contributed by atoms with E-state index in [2.05, 4.69) is 13.0 Å². The van der Waals surface area contributed by atoms with Crippen molar-refractivity contribution in [1.29, 1.82) is 0 Å². The first-order valence-corrected chi connectivity index (χ1v) is 13.7. The third-order valence-electron chi connectivity index (χ3n) is 7.20. The summed E-state index contributed by atoms with van der Waals surface area (Å²) >= 11 is 0. The Morgan fingerprint density at radius 1 is 0.816 bits per heavy atom. The van der Waals surface area contributed by atoms with Crippen LogP contribution in [-0.2, 0) is 15.9 Å². The maximum atomic E-state index is 15.1. The second-order valence-electron chi connectivity index (χ2n) is 9.96. The number of ether oxygens (including phenoxy) is 2. The Balaban J connectivity index is 1.41. The maximum absolute atomic E-state index is 15.1. The topological polar surface area (TPSA) is 18.5 Å². The summed E-state index contributed by atoms with van der Waals surface area (Å²) in [5.41, 5.74) is 3.33. The predicted octanol–water partition coefficient (Wildman–Crippen LogP) is 9.37. The minimum absolute atomic E-state index is 0.156. The predicted molar refractivity (Wildman–Crippen MR) is 148 cm³/mol. The van der Waals surface area contributed by atoms with Crippen LogP contribution in [0.3, 0.4) is 0 Å². The Labute approximate surface area is 224 Å². The van der Waals surface area contributed by atoms with Crippen LogP contribution in [0.5, 0.6) is 0 Å². The van der Waals surface area contributed by atoms with Crippen LogP contribution in [-0.4, -0.2) is 19.5 Å². The Morgan fingerprint density at radius 3 is 2.21 bits per heavy atom. The van der Waals surface area contributed by atoms with Crippen LogP contribution in [0.1, 0.15) is 69.4 Å². The van der Waals surface area contributed by atoms with Crippen molar-refractivity contribution in [2.45, 2.75) is 71.0 Å². The van der Waals surface area contributed by atoms with Crippen LogP contribution >= 0.6 is 0 Å². The second kappa shape index (κ2) is 13.8. The van der Waals surface area contributed by atoms with Crippen LogP contribution in [0, 0.1) is 17.5 Å². The molecular weight excluding hydrogens is 485 g/mol. The molecule has 202 valence electrons. The monoisotopic (exact) mass is 522 g/mol. The van der Waals surface area contributed by atoms with E-state index in [1.165, 1.54) is 6.07 Å². The summed E-state index contributed by atoms with van der Waals surface area (Å²) in [5.74, 6) is -2.04. The molecule has 1 heterocycles. The van der Waals surface area contributed by atoms with Gasteiger partial charge in [-0.1, -0.05) is 86.9 Å². The maximum Gasteiger partial charge on any atom is 0.166 e. The average Bonchev–Trinajstić information content (AvgIpc) is 2.94. The molecule has 0 saturated carbocycles. The lowest BCUT2D eigenvalue weighted by Crippen LogP contribution is -2.31. The summed E-state index contributed by atoms with van der Waals surface area (Å²) in [7, 11) is 0. The van der Waals surface area contributed by atoms with Gasteiger partial charge in [0.2, 0.25) is 0 Å². The zero-order valence-corrected chi connectivity index (χ0v) is 22.3. The summed E-state index contributed by atoms with van der Waals surface area (Å²) in [5, 5.41) is 0. The third-order valence-corrected chi connectivity index (χ3v) is 7.20. The van der Waals surface area contributed by atoms with Crippen molar-refractivity contribution in [2.24, 2.45) is 0 Å². The smallest absolute Gasteiger partial charge is 0.166 e. The first kappa shape index (κ1) is 28.1. The molecule has 1 saturated heterocycles. The van der Waals surface area contributed by atoms with Crippen molar-refractivity contribution >= 4 is 0 Å². The number of hydrogen-bond donors (Lipinski definition) is 0. The van der Waals surface area contributed by atoms with E-state index in [0.29, 0.717) is 41.9 Å². The van der Waals surface area contributed by atoms with E-state index in [-0.39, 0.29) is 23.6 Å². The summed E-state index contributed by atoms with van der Waals surface area (Å²) in [6.45, 7) is 4.95. The number of allylic oxidation sites excluding steroid dienone is 2. The van der Waals surface area contributed by atoms with E-state index in [0.717, 1.165) is 44.1 Å². The largest absolute Gasteiger partial charge is 0.352 e. The number of hydrogen-bond acceptors (Lipinski definition) is 2.